The van der Waals surface area contributed by atoms with E-state index in [-0.39, 0.29) is 29.7 Å². The molecule has 0 saturated carbocycles. The van der Waals surface area contributed by atoms with Gasteiger partial charge in [0, 0.05) is 26.7 Å². The normalized spacial score (nSPS) is 12.9. The van der Waals surface area contributed by atoms with E-state index >= 15 is 0 Å². The zero-order chi connectivity index (χ0) is 19.8. The van der Waals surface area contributed by atoms with Crippen LogP contribution >= 0.6 is 0 Å². The highest BCUT2D eigenvalue weighted by Gasteiger charge is 2.22. The molecule has 0 saturated heterocycles. The van der Waals surface area contributed by atoms with Crippen molar-refractivity contribution in [1.82, 2.24) is 25.1 Å². The van der Waals surface area contributed by atoms with Crippen LogP contribution in [-0.2, 0) is 17.6 Å². The third-order valence-corrected chi connectivity index (χ3v) is 4.65. The summed E-state index contributed by atoms with van der Waals surface area (Å²) in [7, 11) is 3.46. The summed E-state index contributed by atoms with van der Waals surface area (Å²) in [5, 5.41) is 6.78. The minimum atomic E-state index is -0.782. The summed E-state index contributed by atoms with van der Waals surface area (Å²) in [6, 6.07) is 6.96. The third kappa shape index (κ3) is 3.19. The standard InChI is InChI=1S/C19H18F2N6O/c1-22-17(28)10-16-24-19(14-5-3-11-7-8-26(2)18(11)23-14)27(25-16)15-6-4-12(20)9-13(15)21/h3-6,9H,7-8,10H2,1-2H3,(H,22,28). The molecule has 0 fully saturated rings. The van der Waals surface area contributed by atoms with Crippen LogP contribution in [0.1, 0.15) is 11.4 Å². The summed E-state index contributed by atoms with van der Waals surface area (Å²) >= 11 is 0. The lowest BCUT2D eigenvalue weighted by molar-refractivity contribution is -0.120. The quantitative estimate of drug-likeness (QED) is 0.744. The van der Waals surface area contributed by atoms with Gasteiger partial charge in [0.2, 0.25) is 5.91 Å². The fourth-order valence-corrected chi connectivity index (χ4v) is 3.17. The number of halogens is 2. The number of hydrogen-bond acceptors (Lipinski definition) is 5. The maximum atomic E-state index is 14.4. The Morgan fingerprint density at radius 3 is 2.79 bits per heavy atom. The number of nitrogens with one attached hydrogen (secondary N) is 1. The van der Waals surface area contributed by atoms with Crippen molar-refractivity contribution < 1.29 is 13.6 Å². The van der Waals surface area contributed by atoms with Gasteiger partial charge in [0.15, 0.2) is 17.5 Å². The highest BCUT2D eigenvalue weighted by Crippen LogP contribution is 2.29. The fourth-order valence-electron chi connectivity index (χ4n) is 3.17. The molecule has 1 aromatic carbocycles. The third-order valence-electron chi connectivity index (χ3n) is 4.65. The van der Waals surface area contributed by atoms with Crippen molar-refractivity contribution >= 4 is 11.7 Å². The predicted molar refractivity (Wildman–Crippen MR) is 99.3 cm³/mol. The number of anilines is 1. The van der Waals surface area contributed by atoms with E-state index in [1.165, 1.54) is 17.8 Å². The number of rotatable bonds is 4. The second-order valence-electron chi connectivity index (χ2n) is 6.56. The second-order valence-corrected chi connectivity index (χ2v) is 6.56. The summed E-state index contributed by atoms with van der Waals surface area (Å²) in [4.78, 5) is 22.8. The molecule has 3 heterocycles. The Hall–Kier alpha value is -3.36. The number of aromatic nitrogens is 4. The van der Waals surface area contributed by atoms with Gasteiger partial charge in [-0.15, -0.1) is 0 Å². The molecule has 0 bridgehead atoms. The smallest absolute Gasteiger partial charge is 0.227 e. The van der Waals surface area contributed by atoms with Crippen molar-refractivity contribution in [2.75, 3.05) is 25.5 Å². The van der Waals surface area contributed by atoms with Crippen molar-refractivity contribution in [1.29, 1.82) is 0 Å². The van der Waals surface area contributed by atoms with Gasteiger partial charge >= 0.3 is 0 Å². The second kappa shape index (κ2) is 6.99. The molecule has 0 aliphatic carbocycles. The molecule has 28 heavy (non-hydrogen) atoms. The summed E-state index contributed by atoms with van der Waals surface area (Å²) in [5.41, 5.74) is 1.64. The molecule has 1 aliphatic rings. The summed E-state index contributed by atoms with van der Waals surface area (Å²) < 4.78 is 29.0. The maximum Gasteiger partial charge on any atom is 0.227 e. The minimum Gasteiger partial charge on any atom is -0.359 e. The lowest BCUT2D eigenvalue weighted by Crippen LogP contribution is -2.20. The monoisotopic (exact) mass is 384 g/mol. The van der Waals surface area contributed by atoms with Crippen molar-refractivity contribution in [3.63, 3.8) is 0 Å². The van der Waals surface area contributed by atoms with E-state index < -0.39 is 11.6 Å². The minimum absolute atomic E-state index is 0.0303. The van der Waals surface area contributed by atoms with Gasteiger partial charge in [0.25, 0.3) is 0 Å². The van der Waals surface area contributed by atoms with Gasteiger partial charge in [0.05, 0.1) is 6.42 Å². The van der Waals surface area contributed by atoms with Crippen LogP contribution in [-0.4, -0.2) is 46.3 Å². The van der Waals surface area contributed by atoms with Crippen molar-refractivity contribution in [2.24, 2.45) is 0 Å². The molecule has 9 heteroatoms. The Morgan fingerprint density at radius 1 is 1.21 bits per heavy atom. The van der Waals surface area contributed by atoms with Crippen LogP contribution in [0.5, 0.6) is 0 Å². The van der Waals surface area contributed by atoms with Gasteiger partial charge in [-0.2, -0.15) is 5.10 Å². The Kier molecular flexibility index (Phi) is 4.50. The molecule has 1 aliphatic heterocycles. The largest absolute Gasteiger partial charge is 0.359 e. The number of fused-ring (bicyclic) bond motifs is 1. The predicted octanol–water partition coefficient (Wildman–Crippen LogP) is 1.89. The van der Waals surface area contributed by atoms with Crippen LogP contribution in [0.25, 0.3) is 17.2 Å². The first kappa shape index (κ1) is 18.0. The summed E-state index contributed by atoms with van der Waals surface area (Å²) in [6.45, 7) is 0.868. The molecule has 0 unspecified atom stereocenters. The van der Waals surface area contributed by atoms with E-state index in [9.17, 15) is 13.6 Å². The van der Waals surface area contributed by atoms with Gasteiger partial charge in [-0.25, -0.2) is 23.4 Å². The van der Waals surface area contributed by atoms with Crippen molar-refractivity contribution in [2.45, 2.75) is 12.8 Å². The van der Waals surface area contributed by atoms with Crippen LogP contribution < -0.4 is 10.2 Å². The van der Waals surface area contributed by atoms with Crippen LogP contribution in [0.2, 0.25) is 0 Å². The molecule has 7 nitrogen and oxygen atoms in total. The molecule has 1 amide bonds. The van der Waals surface area contributed by atoms with Gasteiger partial charge in [-0.3, -0.25) is 4.79 Å². The zero-order valence-electron chi connectivity index (χ0n) is 15.4. The molecular formula is C19H18F2N6O. The van der Waals surface area contributed by atoms with E-state index in [1.54, 1.807) is 6.07 Å². The molecule has 1 N–H and O–H groups in total. The number of benzene rings is 1. The van der Waals surface area contributed by atoms with Gasteiger partial charge < -0.3 is 10.2 Å². The molecular weight excluding hydrogens is 366 g/mol. The summed E-state index contributed by atoms with van der Waals surface area (Å²) in [6.07, 6.45) is 0.838. The Bertz CT molecular complexity index is 1060. The van der Waals surface area contributed by atoms with E-state index in [1.807, 2.05) is 18.0 Å². The molecule has 3 aromatic rings. The number of hydrogen-bond donors (Lipinski definition) is 1. The molecule has 2 aromatic heterocycles. The van der Waals surface area contributed by atoms with Gasteiger partial charge in [-0.1, -0.05) is 6.07 Å². The van der Waals surface area contributed by atoms with E-state index in [2.05, 4.69) is 20.4 Å². The first-order valence-corrected chi connectivity index (χ1v) is 8.79. The Morgan fingerprint density at radius 2 is 2.04 bits per heavy atom. The van der Waals surface area contributed by atoms with Gasteiger partial charge in [0.1, 0.15) is 23.0 Å². The lowest BCUT2D eigenvalue weighted by atomic mass is 10.2. The van der Waals surface area contributed by atoms with Crippen LogP contribution in [0.15, 0.2) is 30.3 Å². The average Bonchev–Trinajstić information content (AvgIpc) is 3.25. The van der Waals surface area contributed by atoms with Crippen LogP contribution in [0.4, 0.5) is 14.6 Å². The van der Waals surface area contributed by atoms with Crippen molar-refractivity contribution in [3.05, 3.63) is 53.4 Å². The number of likely N-dealkylation sites (N-methyl/N-ethyl adjacent to an activating group) is 2. The zero-order valence-corrected chi connectivity index (χ0v) is 15.4. The first-order chi connectivity index (χ1) is 13.5. The Balaban J connectivity index is 1.85. The number of carbonyl (C=O) groups excluding carboxylic acids is 1. The molecule has 0 radical (unpaired) electrons. The highest BCUT2D eigenvalue weighted by atomic mass is 19.1. The first-order valence-electron chi connectivity index (χ1n) is 8.79. The number of nitrogens with zero attached hydrogens (tertiary/aromatic N) is 5. The van der Waals surface area contributed by atoms with E-state index in [0.717, 1.165) is 36.5 Å². The SMILES string of the molecule is CNC(=O)Cc1nc(-c2ccc3c(n2)N(C)CC3)n(-c2ccc(F)cc2F)n1. The van der Waals surface area contributed by atoms with Crippen molar-refractivity contribution in [3.8, 4) is 17.2 Å². The van der Waals surface area contributed by atoms with E-state index in [0.29, 0.717) is 5.69 Å². The maximum absolute atomic E-state index is 14.4. The topological polar surface area (TPSA) is 75.9 Å². The highest BCUT2D eigenvalue weighted by molar-refractivity contribution is 5.77. The van der Waals surface area contributed by atoms with E-state index in [4.69, 9.17) is 0 Å². The van der Waals surface area contributed by atoms with Crippen LogP contribution in [0.3, 0.4) is 0 Å². The fraction of sp³-hybridized carbons (Fsp3) is 0.263. The number of carbonyl (C=O) groups is 1. The number of amides is 1. The molecule has 0 atom stereocenters. The van der Waals surface area contributed by atoms with Crippen LogP contribution in [0, 0.1) is 11.6 Å². The molecule has 144 valence electrons. The van der Waals surface area contributed by atoms with Gasteiger partial charge in [-0.05, 0) is 30.2 Å². The average molecular weight is 384 g/mol. The molecule has 4 rings (SSSR count). The molecule has 0 spiro atoms. The summed E-state index contributed by atoms with van der Waals surface area (Å²) in [5.74, 6) is -0.410. The lowest BCUT2D eigenvalue weighted by Gasteiger charge is -2.12. The Labute approximate surface area is 160 Å². The number of pyridine rings is 1.